The van der Waals surface area contributed by atoms with Crippen molar-refractivity contribution in [3.63, 3.8) is 0 Å². The Kier molecular flexibility index (Phi) is 68.2. The van der Waals surface area contributed by atoms with E-state index in [4.69, 9.17) is 14.2 Å². The van der Waals surface area contributed by atoms with Gasteiger partial charge in [-0.15, -0.1) is 0 Å². The predicted octanol–water partition coefficient (Wildman–Crippen LogP) is 25.0. The Morgan fingerprint density at radius 1 is 0.253 bits per heavy atom. The smallest absolute Gasteiger partial charge is 0.306 e. The van der Waals surface area contributed by atoms with Crippen molar-refractivity contribution in [2.45, 2.75) is 374 Å². The first kappa shape index (κ1) is 79.6. The van der Waals surface area contributed by atoms with E-state index >= 15 is 0 Å². The summed E-state index contributed by atoms with van der Waals surface area (Å²) >= 11 is 0. The summed E-state index contributed by atoms with van der Waals surface area (Å²) in [7, 11) is 0. The molecule has 6 heteroatoms. The molecule has 0 radical (unpaired) electrons. The maximum absolute atomic E-state index is 13.0. The highest BCUT2D eigenvalue weighted by Gasteiger charge is 2.19. The van der Waals surface area contributed by atoms with Crippen LogP contribution in [0.2, 0.25) is 0 Å². The topological polar surface area (TPSA) is 78.9 Å². The lowest BCUT2D eigenvalue weighted by molar-refractivity contribution is -0.167. The molecule has 83 heavy (non-hydrogen) atoms. The molecule has 0 saturated carbocycles. The zero-order valence-corrected chi connectivity index (χ0v) is 55.2. The molecule has 0 saturated heterocycles. The number of hydrogen-bond acceptors (Lipinski definition) is 6. The van der Waals surface area contributed by atoms with Crippen molar-refractivity contribution >= 4 is 17.9 Å². The van der Waals surface area contributed by atoms with E-state index in [-0.39, 0.29) is 31.1 Å². The molecule has 0 amide bonds. The van der Waals surface area contributed by atoms with Crippen LogP contribution in [0.1, 0.15) is 367 Å². The normalized spacial score (nSPS) is 12.6. The second-order valence-electron chi connectivity index (χ2n) is 24.1. The zero-order chi connectivity index (χ0) is 59.9. The molecule has 0 bridgehead atoms. The van der Waals surface area contributed by atoms with Gasteiger partial charge >= 0.3 is 17.9 Å². The van der Waals surface area contributed by atoms with E-state index < -0.39 is 6.10 Å². The van der Waals surface area contributed by atoms with Gasteiger partial charge in [0.2, 0.25) is 0 Å². The van der Waals surface area contributed by atoms with Gasteiger partial charge in [0, 0.05) is 19.3 Å². The van der Waals surface area contributed by atoms with Gasteiger partial charge in [0.15, 0.2) is 6.10 Å². The zero-order valence-electron chi connectivity index (χ0n) is 55.2. The Balaban J connectivity index is 4.35. The van der Waals surface area contributed by atoms with E-state index in [9.17, 15) is 14.4 Å². The molecule has 1 atom stereocenters. The second-order valence-corrected chi connectivity index (χ2v) is 24.1. The molecule has 0 spiro atoms. The van der Waals surface area contributed by atoms with Gasteiger partial charge in [-0.25, -0.2) is 0 Å². The fourth-order valence-corrected chi connectivity index (χ4v) is 10.5. The van der Waals surface area contributed by atoms with Crippen molar-refractivity contribution in [3.8, 4) is 0 Å². The lowest BCUT2D eigenvalue weighted by Gasteiger charge is -2.18. The SMILES string of the molecule is CC/C=C\C/C=C\C/C=C\C/C=C\CCCCCCCCCCCCCCC(=O)OCC(COC(=O)CCCCCCCCCCC/C=C\C/C=C\CCCCC)OC(=O)CCCCCCCCCCC/C=C\CCCCCCCCCC. The molecule has 0 aliphatic carbocycles. The molecular weight excluding hydrogens is 1020 g/mol. The third-order valence-corrected chi connectivity index (χ3v) is 15.9. The third-order valence-electron chi connectivity index (χ3n) is 15.9. The fraction of sp³-hybridized carbons (Fsp3) is 0.779. The lowest BCUT2D eigenvalue weighted by atomic mass is 10.0. The van der Waals surface area contributed by atoms with Crippen LogP contribution < -0.4 is 0 Å². The summed E-state index contributed by atoms with van der Waals surface area (Å²) in [6.45, 7) is 6.55. The largest absolute Gasteiger partial charge is 0.462 e. The summed E-state index contributed by atoms with van der Waals surface area (Å²) in [6, 6.07) is 0. The van der Waals surface area contributed by atoms with Crippen molar-refractivity contribution in [2.75, 3.05) is 13.2 Å². The number of esters is 3. The molecule has 0 aromatic carbocycles. The molecule has 0 aromatic rings. The van der Waals surface area contributed by atoms with Gasteiger partial charge in [-0.1, -0.05) is 318 Å². The van der Waals surface area contributed by atoms with Gasteiger partial charge in [0.1, 0.15) is 13.2 Å². The van der Waals surface area contributed by atoms with Crippen LogP contribution in [-0.2, 0) is 28.6 Å². The number of allylic oxidation sites excluding steroid dienone is 14. The second kappa shape index (κ2) is 71.1. The van der Waals surface area contributed by atoms with E-state index in [1.165, 1.54) is 238 Å². The number of unbranched alkanes of at least 4 members (excludes halogenated alkanes) is 41. The summed E-state index contributed by atoms with van der Waals surface area (Å²) < 4.78 is 17.0. The highest BCUT2D eigenvalue weighted by molar-refractivity contribution is 5.71. The predicted molar refractivity (Wildman–Crippen MR) is 362 cm³/mol. The van der Waals surface area contributed by atoms with E-state index in [2.05, 4.69) is 106 Å². The van der Waals surface area contributed by atoms with Crippen LogP contribution in [0.5, 0.6) is 0 Å². The van der Waals surface area contributed by atoms with Crippen LogP contribution >= 0.6 is 0 Å². The fourth-order valence-electron chi connectivity index (χ4n) is 10.5. The maximum atomic E-state index is 13.0. The summed E-state index contributed by atoms with van der Waals surface area (Å²) in [4.78, 5) is 38.5. The Morgan fingerprint density at radius 2 is 0.470 bits per heavy atom. The Labute approximate surface area is 515 Å². The molecule has 480 valence electrons. The number of carbonyl (C=O) groups is 3. The Morgan fingerprint density at radius 3 is 0.771 bits per heavy atom. The molecule has 0 aromatic heterocycles. The maximum Gasteiger partial charge on any atom is 0.306 e. The molecular formula is C77H136O6. The van der Waals surface area contributed by atoms with Gasteiger partial charge in [-0.2, -0.15) is 0 Å². The van der Waals surface area contributed by atoms with Gasteiger partial charge in [0.25, 0.3) is 0 Å². The van der Waals surface area contributed by atoms with E-state index in [0.29, 0.717) is 19.3 Å². The molecule has 0 rings (SSSR count). The number of rotatable bonds is 66. The Bertz CT molecular complexity index is 1570. The van der Waals surface area contributed by atoms with E-state index in [0.717, 1.165) is 89.9 Å². The van der Waals surface area contributed by atoms with Crippen LogP contribution in [0, 0.1) is 0 Å². The minimum atomic E-state index is -0.782. The first-order chi connectivity index (χ1) is 41.0. The highest BCUT2D eigenvalue weighted by Crippen LogP contribution is 2.17. The standard InChI is InChI=1S/C77H136O6/c1-4-7-10-13-16-19-22-25-28-31-34-36-37-38-39-41-43-46-49-52-55-58-61-64-67-70-76(79)82-73-74(72-81-75(78)69-66-63-60-57-54-51-48-45-42-33-30-27-24-21-18-15-12-9-6-3)83-77(80)71-68-65-62-59-56-53-50-47-44-40-35-32-29-26-23-20-17-14-11-8-5-2/h7,10,16,18-19,21,25,27-28,30,32,34-36,74H,4-6,8-9,11-15,17,20,22-24,26,29,31,33,37-73H2,1-3H3/b10-7-,19-16-,21-18-,28-25-,30-27-,35-32-,36-34-. The van der Waals surface area contributed by atoms with Crippen LogP contribution in [0.3, 0.4) is 0 Å². The number of hydrogen-bond donors (Lipinski definition) is 0. The molecule has 0 heterocycles. The van der Waals surface area contributed by atoms with Crippen molar-refractivity contribution in [1.82, 2.24) is 0 Å². The first-order valence-corrected chi connectivity index (χ1v) is 36.1. The monoisotopic (exact) mass is 1160 g/mol. The minimum Gasteiger partial charge on any atom is -0.462 e. The lowest BCUT2D eigenvalue weighted by Crippen LogP contribution is -2.30. The minimum absolute atomic E-state index is 0.0771. The van der Waals surface area contributed by atoms with Gasteiger partial charge < -0.3 is 14.2 Å². The molecule has 0 N–H and O–H groups in total. The van der Waals surface area contributed by atoms with Crippen LogP contribution in [0.4, 0.5) is 0 Å². The third kappa shape index (κ3) is 69.3. The molecule has 0 aliphatic heterocycles. The van der Waals surface area contributed by atoms with Crippen LogP contribution in [-0.4, -0.2) is 37.2 Å². The highest BCUT2D eigenvalue weighted by atomic mass is 16.6. The number of carbonyl (C=O) groups excluding carboxylic acids is 3. The van der Waals surface area contributed by atoms with Gasteiger partial charge in [-0.3, -0.25) is 14.4 Å². The summed E-state index contributed by atoms with van der Waals surface area (Å²) in [5.41, 5.74) is 0. The quantitative estimate of drug-likeness (QED) is 0.0261. The Hall–Kier alpha value is -3.41. The summed E-state index contributed by atoms with van der Waals surface area (Å²) in [6.07, 6.45) is 94.6. The van der Waals surface area contributed by atoms with Crippen molar-refractivity contribution in [3.05, 3.63) is 85.1 Å². The average Bonchev–Trinajstić information content (AvgIpc) is 3.50. The molecule has 1 unspecified atom stereocenters. The molecule has 6 nitrogen and oxygen atoms in total. The van der Waals surface area contributed by atoms with Crippen LogP contribution in [0.25, 0.3) is 0 Å². The number of ether oxygens (including phenoxy) is 3. The summed E-state index contributed by atoms with van der Waals surface area (Å²) in [5, 5.41) is 0. The van der Waals surface area contributed by atoms with Gasteiger partial charge in [0.05, 0.1) is 0 Å². The summed E-state index contributed by atoms with van der Waals surface area (Å²) in [5.74, 6) is -0.864. The van der Waals surface area contributed by atoms with E-state index in [1.54, 1.807) is 0 Å². The van der Waals surface area contributed by atoms with Gasteiger partial charge in [-0.05, 0) is 116 Å². The van der Waals surface area contributed by atoms with Crippen molar-refractivity contribution in [1.29, 1.82) is 0 Å². The van der Waals surface area contributed by atoms with E-state index in [1.807, 2.05) is 0 Å². The molecule has 0 fully saturated rings. The van der Waals surface area contributed by atoms with Crippen molar-refractivity contribution in [2.24, 2.45) is 0 Å². The average molecular weight is 1160 g/mol. The van der Waals surface area contributed by atoms with Crippen molar-refractivity contribution < 1.29 is 28.6 Å². The molecule has 0 aliphatic rings. The van der Waals surface area contributed by atoms with Crippen LogP contribution in [0.15, 0.2) is 85.1 Å². The first-order valence-electron chi connectivity index (χ1n) is 36.1.